The molecule has 1 amide bonds. The van der Waals surface area contributed by atoms with E-state index >= 15 is 0 Å². The fourth-order valence-corrected chi connectivity index (χ4v) is 3.37. The number of aryl methyl sites for hydroxylation is 1. The first-order chi connectivity index (χ1) is 12.7. The molecule has 1 aromatic carbocycles. The van der Waals surface area contributed by atoms with Crippen LogP contribution >= 0.6 is 11.6 Å². The molecule has 3 heterocycles. The summed E-state index contributed by atoms with van der Waals surface area (Å²) < 4.78 is 7.20. The van der Waals surface area contributed by atoms with E-state index in [1.807, 2.05) is 25.3 Å². The Morgan fingerprint density at radius 2 is 2.27 bits per heavy atom. The molecule has 7 nitrogen and oxygen atoms in total. The molecule has 1 aliphatic heterocycles. The van der Waals surface area contributed by atoms with Crippen LogP contribution in [0.2, 0.25) is 5.02 Å². The maximum Gasteiger partial charge on any atom is 0.275 e. The van der Waals surface area contributed by atoms with E-state index in [0.717, 1.165) is 24.9 Å². The minimum atomic E-state index is -0.227. The summed E-state index contributed by atoms with van der Waals surface area (Å²) in [6, 6.07) is 8.80. The summed E-state index contributed by atoms with van der Waals surface area (Å²) in [5.41, 5.74) is 1.22. The van der Waals surface area contributed by atoms with Gasteiger partial charge in [-0.15, -0.1) is 0 Å². The van der Waals surface area contributed by atoms with Gasteiger partial charge in [-0.25, -0.2) is 0 Å². The molecule has 1 aliphatic rings. The van der Waals surface area contributed by atoms with Gasteiger partial charge in [-0.2, -0.15) is 10.1 Å². The van der Waals surface area contributed by atoms with Crippen molar-refractivity contribution in [3.8, 4) is 11.4 Å². The van der Waals surface area contributed by atoms with Crippen LogP contribution in [0.1, 0.15) is 42.2 Å². The van der Waals surface area contributed by atoms with Gasteiger partial charge in [0.2, 0.25) is 11.7 Å². The lowest BCUT2D eigenvalue weighted by Crippen LogP contribution is -2.31. The number of amides is 1. The van der Waals surface area contributed by atoms with Crippen molar-refractivity contribution in [2.24, 2.45) is 0 Å². The Bertz CT molecular complexity index is 935. The second-order valence-electron chi connectivity index (χ2n) is 6.18. The van der Waals surface area contributed by atoms with Crippen molar-refractivity contribution >= 4 is 17.5 Å². The van der Waals surface area contributed by atoms with Crippen LogP contribution in [0.5, 0.6) is 0 Å². The summed E-state index contributed by atoms with van der Waals surface area (Å²) in [6.45, 7) is 3.36. The summed E-state index contributed by atoms with van der Waals surface area (Å²) in [4.78, 5) is 19.1. The van der Waals surface area contributed by atoms with Crippen molar-refractivity contribution in [3.63, 3.8) is 0 Å². The second kappa shape index (κ2) is 6.92. The largest absolute Gasteiger partial charge is 0.337 e. The number of carbonyl (C=O) groups excluding carboxylic acids is 1. The zero-order valence-corrected chi connectivity index (χ0v) is 15.1. The van der Waals surface area contributed by atoms with Crippen molar-refractivity contribution in [2.45, 2.75) is 32.4 Å². The first-order valence-electron chi connectivity index (χ1n) is 8.59. The van der Waals surface area contributed by atoms with Crippen molar-refractivity contribution in [2.75, 3.05) is 6.54 Å². The zero-order valence-electron chi connectivity index (χ0n) is 14.3. The summed E-state index contributed by atoms with van der Waals surface area (Å²) >= 11 is 6.03. The number of likely N-dealkylation sites (tertiary alicyclic amines) is 1. The third-order valence-corrected chi connectivity index (χ3v) is 4.74. The van der Waals surface area contributed by atoms with Gasteiger partial charge < -0.3 is 9.42 Å². The lowest BCUT2D eigenvalue weighted by molar-refractivity contribution is 0.0703. The Balaban J connectivity index is 1.58. The monoisotopic (exact) mass is 371 g/mol. The van der Waals surface area contributed by atoms with Crippen molar-refractivity contribution in [1.29, 1.82) is 0 Å². The van der Waals surface area contributed by atoms with Crippen LogP contribution in [0, 0.1) is 0 Å². The molecule has 4 rings (SSSR count). The van der Waals surface area contributed by atoms with Crippen molar-refractivity contribution < 1.29 is 9.32 Å². The van der Waals surface area contributed by atoms with Crippen LogP contribution in [0.3, 0.4) is 0 Å². The number of nitrogens with zero attached hydrogens (tertiary/aromatic N) is 5. The number of carbonyl (C=O) groups is 1. The first kappa shape index (κ1) is 16.8. The standard InChI is InChI=1S/C18H18ClN5O2/c1-2-23-10-8-14(21-23)18(25)24-9-4-7-15(24)17-20-16(22-26-17)12-5-3-6-13(19)11-12/h3,5-6,8,10-11,15H,2,4,7,9H2,1H3/t15-/m0/s1. The van der Waals surface area contributed by atoms with Gasteiger partial charge in [0, 0.05) is 29.9 Å². The Kier molecular flexibility index (Phi) is 4.46. The Morgan fingerprint density at radius 3 is 3.04 bits per heavy atom. The van der Waals surface area contributed by atoms with E-state index in [1.165, 1.54) is 0 Å². The van der Waals surface area contributed by atoms with Crippen LogP contribution in [-0.2, 0) is 6.54 Å². The quantitative estimate of drug-likeness (QED) is 0.700. The fraction of sp³-hybridized carbons (Fsp3) is 0.333. The third-order valence-electron chi connectivity index (χ3n) is 4.51. The lowest BCUT2D eigenvalue weighted by Gasteiger charge is -2.20. The van der Waals surface area contributed by atoms with Gasteiger partial charge in [-0.1, -0.05) is 28.9 Å². The average Bonchev–Trinajstić information content (AvgIpc) is 3.40. The van der Waals surface area contributed by atoms with Gasteiger partial charge in [-0.3, -0.25) is 9.48 Å². The minimum Gasteiger partial charge on any atom is -0.337 e. The van der Waals surface area contributed by atoms with Gasteiger partial charge in [-0.05, 0) is 38.0 Å². The molecule has 1 saturated heterocycles. The molecule has 3 aromatic rings. The Labute approximate surface area is 155 Å². The molecule has 1 fully saturated rings. The van der Waals surface area contributed by atoms with Crippen LogP contribution in [-0.4, -0.2) is 37.3 Å². The van der Waals surface area contributed by atoms with E-state index in [2.05, 4.69) is 15.2 Å². The smallest absolute Gasteiger partial charge is 0.275 e. The molecule has 1 atom stereocenters. The minimum absolute atomic E-state index is 0.109. The maximum atomic E-state index is 12.8. The molecule has 0 unspecified atom stereocenters. The number of hydrogen-bond acceptors (Lipinski definition) is 5. The molecule has 8 heteroatoms. The number of rotatable bonds is 4. The summed E-state index contributed by atoms with van der Waals surface area (Å²) in [5.74, 6) is 0.806. The van der Waals surface area contributed by atoms with Crippen LogP contribution in [0.15, 0.2) is 41.1 Å². The third kappa shape index (κ3) is 3.10. The van der Waals surface area contributed by atoms with Gasteiger partial charge >= 0.3 is 0 Å². The highest BCUT2D eigenvalue weighted by Gasteiger charge is 2.35. The molecule has 0 spiro atoms. The fourth-order valence-electron chi connectivity index (χ4n) is 3.18. The number of benzene rings is 1. The molecular formula is C18H18ClN5O2. The number of halogens is 1. The predicted molar refractivity (Wildman–Crippen MR) is 95.7 cm³/mol. The van der Waals surface area contributed by atoms with E-state index in [-0.39, 0.29) is 11.9 Å². The molecule has 2 aromatic heterocycles. The van der Waals surface area contributed by atoms with Crippen molar-refractivity contribution in [1.82, 2.24) is 24.8 Å². The van der Waals surface area contributed by atoms with E-state index < -0.39 is 0 Å². The molecule has 0 aliphatic carbocycles. The number of aromatic nitrogens is 4. The summed E-state index contributed by atoms with van der Waals surface area (Å²) in [5, 5.41) is 8.97. The van der Waals surface area contributed by atoms with Crippen LogP contribution < -0.4 is 0 Å². The highest BCUT2D eigenvalue weighted by Crippen LogP contribution is 2.33. The van der Waals surface area contributed by atoms with E-state index in [9.17, 15) is 4.79 Å². The van der Waals surface area contributed by atoms with E-state index in [1.54, 1.807) is 27.8 Å². The predicted octanol–water partition coefficient (Wildman–Crippen LogP) is 3.58. The normalized spacial score (nSPS) is 17.0. The number of hydrogen-bond donors (Lipinski definition) is 0. The SMILES string of the molecule is CCn1ccc(C(=O)N2CCC[C@H]2c2nc(-c3cccc(Cl)c3)no2)n1. The van der Waals surface area contributed by atoms with Gasteiger partial charge in [0.25, 0.3) is 5.91 Å². The molecule has 0 saturated carbocycles. The Hall–Kier alpha value is -2.67. The maximum absolute atomic E-state index is 12.8. The summed E-state index contributed by atoms with van der Waals surface area (Å²) in [6.07, 6.45) is 3.49. The van der Waals surface area contributed by atoms with Gasteiger partial charge in [0.1, 0.15) is 11.7 Å². The Morgan fingerprint density at radius 1 is 1.38 bits per heavy atom. The molecule has 134 valence electrons. The molecule has 0 N–H and O–H groups in total. The molecule has 0 bridgehead atoms. The molecular weight excluding hydrogens is 354 g/mol. The van der Waals surface area contributed by atoms with Gasteiger partial charge in [0.05, 0.1) is 0 Å². The van der Waals surface area contributed by atoms with Crippen LogP contribution in [0.4, 0.5) is 0 Å². The summed E-state index contributed by atoms with van der Waals surface area (Å²) in [7, 11) is 0. The highest BCUT2D eigenvalue weighted by atomic mass is 35.5. The lowest BCUT2D eigenvalue weighted by atomic mass is 10.2. The van der Waals surface area contributed by atoms with Crippen LogP contribution in [0.25, 0.3) is 11.4 Å². The van der Waals surface area contributed by atoms with E-state index in [4.69, 9.17) is 16.1 Å². The van der Waals surface area contributed by atoms with Crippen molar-refractivity contribution in [3.05, 3.63) is 53.1 Å². The second-order valence-corrected chi connectivity index (χ2v) is 6.62. The molecule has 26 heavy (non-hydrogen) atoms. The zero-order chi connectivity index (χ0) is 18.1. The van der Waals surface area contributed by atoms with Gasteiger partial charge in [0.15, 0.2) is 0 Å². The average molecular weight is 372 g/mol. The first-order valence-corrected chi connectivity index (χ1v) is 8.97. The highest BCUT2D eigenvalue weighted by molar-refractivity contribution is 6.30. The van der Waals surface area contributed by atoms with E-state index in [0.29, 0.717) is 29.0 Å². The molecule has 0 radical (unpaired) electrons. The topological polar surface area (TPSA) is 77.0 Å².